The molecule has 4 unspecified atom stereocenters. The van der Waals surface area contributed by atoms with E-state index in [0.717, 1.165) is 0 Å². The summed E-state index contributed by atoms with van der Waals surface area (Å²) in [6.45, 7) is 2.66. The number of nitrogens with two attached hydrogens (primary N) is 2. The van der Waals surface area contributed by atoms with Crippen LogP contribution in [0.1, 0.15) is 26.7 Å². The number of carbonyl (C=O) groups excluding carboxylic acids is 4. The molecule has 0 aliphatic rings. The van der Waals surface area contributed by atoms with Crippen LogP contribution in [0.25, 0.3) is 0 Å². The van der Waals surface area contributed by atoms with Crippen LogP contribution in [-0.2, 0) is 24.0 Å². The summed E-state index contributed by atoms with van der Waals surface area (Å²) < 4.78 is 0. The van der Waals surface area contributed by atoms with Crippen molar-refractivity contribution in [2.45, 2.75) is 50.9 Å². The lowest BCUT2D eigenvalue weighted by Gasteiger charge is -2.26. The second-order valence-electron chi connectivity index (χ2n) is 6.93. The molecule has 0 fully saturated rings. The van der Waals surface area contributed by atoms with Crippen molar-refractivity contribution in [3.05, 3.63) is 0 Å². The SMILES string of the molecule is CSCCC(NC(=O)C(N)CO)C(=O)NC(C(=O)NC(CC(N)=O)C(=O)O)C(C)C. The van der Waals surface area contributed by atoms with Crippen molar-refractivity contribution in [2.24, 2.45) is 17.4 Å². The molecular weight excluding hydrogens is 418 g/mol. The molecule has 0 radical (unpaired) electrons. The van der Waals surface area contributed by atoms with Gasteiger partial charge in [0.1, 0.15) is 24.2 Å². The minimum atomic E-state index is -1.54. The summed E-state index contributed by atoms with van der Waals surface area (Å²) in [5, 5.41) is 25.3. The van der Waals surface area contributed by atoms with Gasteiger partial charge >= 0.3 is 5.97 Å². The van der Waals surface area contributed by atoms with E-state index in [0.29, 0.717) is 5.75 Å². The highest BCUT2D eigenvalue weighted by Gasteiger charge is 2.32. The summed E-state index contributed by atoms with van der Waals surface area (Å²) >= 11 is 1.44. The van der Waals surface area contributed by atoms with Crippen molar-refractivity contribution in [3.8, 4) is 0 Å². The van der Waals surface area contributed by atoms with Crippen LogP contribution in [0, 0.1) is 5.92 Å². The molecule has 172 valence electrons. The molecule has 4 atom stereocenters. The molecule has 0 saturated heterocycles. The van der Waals surface area contributed by atoms with E-state index in [4.69, 9.17) is 21.7 Å². The fourth-order valence-corrected chi connectivity index (χ4v) is 2.79. The summed E-state index contributed by atoms with van der Waals surface area (Å²) in [4.78, 5) is 59.5. The third kappa shape index (κ3) is 9.89. The van der Waals surface area contributed by atoms with Gasteiger partial charge in [0, 0.05) is 0 Å². The maximum atomic E-state index is 12.7. The van der Waals surface area contributed by atoms with Crippen molar-refractivity contribution < 1.29 is 34.2 Å². The first-order valence-corrected chi connectivity index (χ1v) is 10.6. The van der Waals surface area contributed by atoms with E-state index >= 15 is 0 Å². The first-order chi connectivity index (χ1) is 13.9. The molecule has 0 aliphatic carbocycles. The largest absolute Gasteiger partial charge is 0.480 e. The molecule has 0 aliphatic heterocycles. The monoisotopic (exact) mass is 449 g/mol. The molecule has 0 rings (SSSR count). The second kappa shape index (κ2) is 13.8. The standard InChI is InChI=1S/C17H31N5O7S/c1-8(2)13(16(27)21-11(17(28)29)6-12(19)24)22-15(26)10(4-5-30-3)20-14(25)9(18)7-23/h8-11,13,23H,4-7,18H2,1-3H3,(H2,19,24)(H,20,25)(H,21,27)(H,22,26)(H,28,29). The zero-order valence-electron chi connectivity index (χ0n) is 17.2. The number of carboxylic acid groups (broad SMARTS) is 1. The van der Waals surface area contributed by atoms with Gasteiger partial charge in [0.25, 0.3) is 0 Å². The van der Waals surface area contributed by atoms with Gasteiger partial charge in [-0.2, -0.15) is 11.8 Å². The minimum absolute atomic E-state index is 0.239. The van der Waals surface area contributed by atoms with Gasteiger partial charge in [-0.3, -0.25) is 19.2 Å². The van der Waals surface area contributed by atoms with Crippen molar-refractivity contribution >= 4 is 41.4 Å². The summed E-state index contributed by atoms with van der Waals surface area (Å²) in [7, 11) is 0. The van der Waals surface area contributed by atoms with Crippen molar-refractivity contribution in [2.75, 3.05) is 18.6 Å². The number of hydrogen-bond acceptors (Lipinski definition) is 8. The number of aliphatic hydroxyl groups excluding tert-OH is 1. The average Bonchev–Trinajstić information content (AvgIpc) is 2.66. The first kappa shape index (κ1) is 27.6. The number of thioether (sulfide) groups is 1. The first-order valence-electron chi connectivity index (χ1n) is 9.22. The van der Waals surface area contributed by atoms with E-state index in [-0.39, 0.29) is 6.42 Å². The van der Waals surface area contributed by atoms with Crippen molar-refractivity contribution in [3.63, 3.8) is 0 Å². The number of primary amides is 1. The summed E-state index contributed by atoms with van der Waals surface area (Å²) in [5.41, 5.74) is 10.5. The molecule has 0 aromatic heterocycles. The predicted molar refractivity (Wildman–Crippen MR) is 110 cm³/mol. The van der Waals surface area contributed by atoms with Crippen LogP contribution < -0.4 is 27.4 Å². The Hall–Kier alpha value is -2.38. The molecule has 13 heteroatoms. The van der Waals surface area contributed by atoms with Crippen LogP contribution in [0.3, 0.4) is 0 Å². The van der Waals surface area contributed by atoms with Gasteiger partial charge in [-0.15, -0.1) is 0 Å². The quantitative estimate of drug-likeness (QED) is 0.145. The zero-order chi connectivity index (χ0) is 23.4. The third-order valence-corrected chi connectivity index (χ3v) is 4.69. The van der Waals surface area contributed by atoms with Crippen LogP contribution in [0.2, 0.25) is 0 Å². The normalized spacial score (nSPS) is 14.9. The molecule has 30 heavy (non-hydrogen) atoms. The van der Waals surface area contributed by atoms with Crippen LogP contribution in [0.15, 0.2) is 0 Å². The Balaban J connectivity index is 5.35. The van der Waals surface area contributed by atoms with Gasteiger partial charge in [0.15, 0.2) is 0 Å². The Labute approximate surface area is 178 Å². The van der Waals surface area contributed by atoms with Gasteiger partial charge < -0.3 is 37.6 Å². The molecule has 4 amide bonds. The molecule has 0 aromatic rings. The van der Waals surface area contributed by atoms with Gasteiger partial charge in [0.2, 0.25) is 23.6 Å². The zero-order valence-corrected chi connectivity index (χ0v) is 18.0. The van der Waals surface area contributed by atoms with Gasteiger partial charge in [0.05, 0.1) is 13.0 Å². The lowest BCUT2D eigenvalue weighted by atomic mass is 10.0. The van der Waals surface area contributed by atoms with E-state index in [1.165, 1.54) is 11.8 Å². The number of rotatable bonds is 14. The highest BCUT2D eigenvalue weighted by molar-refractivity contribution is 7.98. The van der Waals surface area contributed by atoms with Crippen LogP contribution >= 0.6 is 11.8 Å². The smallest absolute Gasteiger partial charge is 0.326 e. The van der Waals surface area contributed by atoms with E-state index in [1.54, 1.807) is 13.8 Å². The van der Waals surface area contributed by atoms with E-state index in [9.17, 15) is 24.0 Å². The topological polar surface area (TPSA) is 214 Å². The molecule has 0 saturated carbocycles. The highest BCUT2D eigenvalue weighted by atomic mass is 32.2. The van der Waals surface area contributed by atoms with Crippen LogP contribution in [0.5, 0.6) is 0 Å². The fourth-order valence-electron chi connectivity index (χ4n) is 2.32. The molecule has 0 aromatic carbocycles. The predicted octanol–water partition coefficient (Wildman–Crippen LogP) is -2.87. The van der Waals surface area contributed by atoms with Crippen molar-refractivity contribution in [1.29, 1.82) is 0 Å². The summed E-state index contributed by atoms with van der Waals surface area (Å²) in [6, 6.07) is -4.89. The number of aliphatic carboxylic acids is 1. The van der Waals surface area contributed by atoms with Gasteiger partial charge in [-0.1, -0.05) is 13.8 Å². The average molecular weight is 450 g/mol. The van der Waals surface area contributed by atoms with Gasteiger partial charge in [-0.25, -0.2) is 4.79 Å². The lowest BCUT2D eigenvalue weighted by molar-refractivity contribution is -0.144. The minimum Gasteiger partial charge on any atom is -0.480 e. The number of nitrogens with one attached hydrogen (secondary N) is 3. The van der Waals surface area contributed by atoms with Gasteiger partial charge in [-0.05, 0) is 24.3 Å². The lowest BCUT2D eigenvalue weighted by Crippen LogP contribution is -2.59. The summed E-state index contributed by atoms with van der Waals surface area (Å²) in [6.07, 6.45) is 1.44. The van der Waals surface area contributed by atoms with Crippen molar-refractivity contribution in [1.82, 2.24) is 16.0 Å². The Morgan fingerprint density at radius 2 is 1.53 bits per heavy atom. The number of amides is 4. The maximum Gasteiger partial charge on any atom is 0.326 e. The summed E-state index contributed by atoms with van der Waals surface area (Å²) in [5.74, 6) is -4.48. The Morgan fingerprint density at radius 3 is 1.97 bits per heavy atom. The number of aliphatic hydroxyl groups is 1. The maximum absolute atomic E-state index is 12.7. The Kier molecular flexibility index (Phi) is 12.7. The van der Waals surface area contributed by atoms with E-state index in [2.05, 4.69) is 16.0 Å². The number of carbonyl (C=O) groups is 5. The molecule has 0 bridgehead atoms. The van der Waals surface area contributed by atoms with E-state index < -0.39 is 72.7 Å². The van der Waals surface area contributed by atoms with Crippen LogP contribution in [0.4, 0.5) is 0 Å². The Morgan fingerprint density at radius 1 is 0.967 bits per heavy atom. The third-order valence-electron chi connectivity index (χ3n) is 4.04. The molecule has 12 nitrogen and oxygen atoms in total. The van der Waals surface area contributed by atoms with E-state index in [1.807, 2.05) is 6.26 Å². The molecule has 0 spiro atoms. The Bertz CT molecular complexity index is 632. The van der Waals surface area contributed by atoms with Crippen LogP contribution in [-0.4, -0.2) is 82.6 Å². The highest BCUT2D eigenvalue weighted by Crippen LogP contribution is 2.07. The molecule has 9 N–H and O–H groups in total. The molecule has 0 heterocycles. The molecular formula is C17H31N5O7S. The fraction of sp³-hybridized carbons (Fsp3) is 0.706. The number of carboxylic acids is 1. The second-order valence-corrected chi connectivity index (χ2v) is 7.92. The number of hydrogen-bond donors (Lipinski definition) is 7.